The monoisotopic (exact) mass is 266 g/mol. The molecule has 18 heavy (non-hydrogen) atoms. The summed E-state index contributed by atoms with van der Waals surface area (Å²) in [4.78, 5) is 12.1. The van der Waals surface area contributed by atoms with Crippen LogP contribution in [0.1, 0.15) is 45.6 Å². The first-order valence-electron chi connectivity index (χ1n) is 6.21. The maximum absolute atomic E-state index is 12.1. The highest BCUT2D eigenvalue weighted by atomic mass is 35.5. The summed E-state index contributed by atoms with van der Waals surface area (Å²) >= 11 is 5.87. The first-order chi connectivity index (χ1) is 8.22. The summed E-state index contributed by atoms with van der Waals surface area (Å²) in [6, 6.07) is 7.71. The Hall–Kier alpha value is -1.02. The Labute approximate surface area is 113 Å². The Kier molecular flexibility index (Phi) is 3.18. The molecule has 1 fully saturated rings. The zero-order valence-electron chi connectivity index (χ0n) is 11.3. The Morgan fingerprint density at radius 2 is 1.89 bits per heavy atom. The van der Waals surface area contributed by atoms with Crippen LogP contribution in [0.25, 0.3) is 0 Å². The molecule has 0 spiro atoms. The molecule has 0 unspecified atom stereocenters. The summed E-state index contributed by atoms with van der Waals surface area (Å²) in [5.74, 6) is 0.152. The summed E-state index contributed by atoms with van der Waals surface area (Å²) in [7, 11) is 0. The van der Waals surface area contributed by atoms with Crippen LogP contribution in [0.5, 0.6) is 0 Å². The van der Waals surface area contributed by atoms with E-state index in [-0.39, 0.29) is 17.3 Å². The molecule has 1 aromatic rings. The van der Waals surface area contributed by atoms with E-state index >= 15 is 0 Å². The second-order valence-electron chi connectivity index (χ2n) is 6.23. The zero-order chi connectivity index (χ0) is 13.6. The molecule has 3 heteroatoms. The van der Waals surface area contributed by atoms with Gasteiger partial charge in [0.1, 0.15) is 5.60 Å². The number of esters is 1. The molecule has 0 aliphatic heterocycles. The predicted octanol–water partition coefficient (Wildman–Crippen LogP) is 4.18. The highest BCUT2D eigenvalue weighted by molar-refractivity contribution is 6.30. The van der Waals surface area contributed by atoms with Gasteiger partial charge in [-0.1, -0.05) is 23.7 Å². The second-order valence-corrected chi connectivity index (χ2v) is 6.66. The molecule has 1 aromatic carbocycles. The maximum Gasteiger partial charge on any atom is 0.312 e. The highest BCUT2D eigenvalue weighted by Gasteiger charge is 2.58. The topological polar surface area (TPSA) is 26.3 Å². The first kappa shape index (κ1) is 13.4. The van der Waals surface area contributed by atoms with Crippen LogP contribution in [0.15, 0.2) is 24.3 Å². The van der Waals surface area contributed by atoms with Crippen molar-refractivity contribution >= 4 is 17.6 Å². The number of ether oxygens (including phenoxy) is 1. The SMILES string of the molecule is CC(C)(C)OC(=O)[C@]1(C)C[C@H]1c1ccc(Cl)cc1. The van der Waals surface area contributed by atoms with Crippen molar-refractivity contribution in [1.29, 1.82) is 0 Å². The third kappa shape index (κ3) is 2.69. The zero-order valence-corrected chi connectivity index (χ0v) is 12.0. The van der Waals surface area contributed by atoms with Crippen LogP contribution >= 0.6 is 11.6 Å². The van der Waals surface area contributed by atoms with E-state index in [1.54, 1.807) is 0 Å². The fraction of sp³-hybridized carbons (Fsp3) is 0.533. The first-order valence-corrected chi connectivity index (χ1v) is 6.59. The van der Waals surface area contributed by atoms with Crippen molar-refractivity contribution in [2.75, 3.05) is 0 Å². The quantitative estimate of drug-likeness (QED) is 0.751. The van der Waals surface area contributed by atoms with Gasteiger partial charge in [-0.3, -0.25) is 4.79 Å². The van der Waals surface area contributed by atoms with Crippen molar-refractivity contribution in [1.82, 2.24) is 0 Å². The van der Waals surface area contributed by atoms with E-state index in [1.807, 2.05) is 52.0 Å². The van der Waals surface area contributed by atoms with Crippen molar-refractivity contribution in [2.45, 2.75) is 45.6 Å². The maximum atomic E-state index is 12.1. The molecule has 0 aromatic heterocycles. The average Bonchev–Trinajstić information content (AvgIpc) is 2.91. The molecule has 2 rings (SSSR count). The third-order valence-corrected chi connectivity index (χ3v) is 3.63. The summed E-state index contributed by atoms with van der Waals surface area (Å²) < 4.78 is 5.48. The normalized spacial score (nSPS) is 26.8. The number of benzene rings is 1. The highest BCUT2D eigenvalue weighted by Crippen LogP contribution is 2.60. The van der Waals surface area contributed by atoms with E-state index in [1.165, 1.54) is 0 Å². The Bertz CT molecular complexity index is 458. The predicted molar refractivity (Wildman–Crippen MR) is 72.8 cm³/mol. The van der Waals surface area contributed by atoms with E-state index in [4.69, 9.17) is 16.3 Å². The Balaban J connectivity index is 2.08. The molecule has 2 atom stereocenters. The number of carbonyl (C=O) groups excluding carboxylic acids is 1. The van der Waals surface area contributed by atoms with Crippen molar-refractivity contribution in [2.24, 2.45) is 5.41 Å². The molecule has 1 aliphatic rings. The smallest absolute Gasteiger partial charge is 0.312 e. The minimum absolute atomic E-state index is 0.102. The summed E-state index contributed by atoms with van der Waals surface area (Å²) in [5.41, 5.74) is 0.363. The van der Waals surface area contributed by atoms with Gasteiger partial charge in [0, 0.05) is 10.9 Å². The number of carbonyl (C=O) groups is 1. The lowest BCUT2D eigenvalue weighted by atomic mass is 10.0. The van der Waals surface area contributed by atoms with Gasteiger partial charge in [0.2, 0.25) is 0 Å². The molecule has 98 valence electrons. The molecule has 0 amide bonds. The average molecular weight is 267 g/mol. The van der Waals surface area contributed by atoms with Crippen molar-refractivity contribution in [3.05, 3.63) is 34.9 Å². The summed E-state index contributed by atoms with van der Waals surface area (Å²) in [6.07, 6.45) is 0.851. The molecule has 0 heterocycles. The van der Waals surface area contributed by atoms with E-state index < -0.39 is 5.60 Å². The van der Waals surface area contributed by atoms with Gasteiger partial charge in [-0.15, -0.1) is 0 Å². The molecule has 1 aliphatic carbocycles. The summed E-state index contributed by atoms with van der Waals surface area (Å²) in [5, 5.41) is 0.721. The van der Waals surface area contributed by atoms with Gasteiger partial charge in [0.15, 0.2) is 0 Å². The lowest BCUT2D eigenvalue weighted by Gasteiger charge is -2.22. The Morgan fingerprint density at radius 3 is 2.39 bits per heavy atom. The van der Waals surface area contributed by atoms with E-state index in [0.717, 1.165) is 17.0 Å². The van der Waals surface area contributed by atoms with Gasteiger partial charge in [-0.2, -0.15) is 0 Å². The summed E-state index contributed by atoms with van der Waals surface area (Å²) in [6.45, 7) is 7.66. The number of hydrogen-bond acceptors (Lipinski definition) is 2. The van der Waals surface area contributed by atoms with Crippen LogP contribution in [0.2, 0.25) is 5.02 Å². The molecule has 1 saturated carbocycles. The minimum atomic E-state index is -0.423. The lowest BCUT2D eigenvalue weighted by Crippen LogP contribution is -2.29. The van der Waals surface area contributed by atoms with Crippen LogP contribution in [0, 0.1) is 5.41 Å². The van der Waals surface area contributed by atoms with Crippen molar-refractivity contribution < 1.29 is 9.53 Å². The molecular formula is C15H19ClO2. The van der Waals surface area contributed by atoms with E-state index in [0.29, 0.717) is 0 Å². The second kappa shape index (κ2) is 4.27. The minimum Gasteiger partial charge on any atom is -0.460 e. The van der Waals surface area contributed by atoms with E-state index in [9.17, 15) is 4.79 Å². The fourth-order valence-electron chi connectivity index (χ4n) is 2.17. The molecule has 2 nitrogen and oxygen atoms in total. The van der Waals surface area contributed by atoms with Gasteiger partial charge in [-0.05, 0) is 51.8 Å². The number of rotatable bonds is 2. The standard InChI is InChI=1S/C15H19ClO2/c1-14(2,3)18-13(17)15(4)9-12(15)10-5-7-11(16)8-6-10/h5-8,12H,9H2,1-4H3/t12-,15+/m0/s1. The van der Waals surface area contributed by atoms with Gasteiger partial charge >= 0.3 is 5.97 Å². The van der Waals surface area contributed by atoms with Gasteiger partial charge in [0.05, 0.1) is 5.41 Å². The van der Waals surface area contributed by atoms with Gasteiger partial charge in [0.25, 0.3) is 0 Å². The molecule has 0 bridgehead atoms. The largest absolute Gasteiger partial charge is 0.460 e. The van der Waals surface area contributed by atoms with Gasteiger partial charge < -0.3 is 4.74 Å². The molecule has 0 saturated heterocycles. The number of halogens is 1. The van der Waals surface area contributed by atoms with Crippen LogP contribution < -0.4 is 0 Å². The van der Waals surface area contributed by atoms with Crippen LogP contribution in [-0.2, 0) is 9.53 Å². The van der Waals surface area contributed by atoms with E-state index in [2.05, 4.69) is 0 Å². The van der Waals surface area contributed by atoms with Crippen molar-refractivity contribution in [3.63, 3.8) is 0 Å². The molecule has 0 radical (unpaired) electrons. The Morgan fingerprint density at radius 1 is 1.33 bits per heavy atom. The lowest BCUT2D eigenvalue weighted by molar-refractivity contribution is -0.161. The van der Waals surface area contributed by atoms with Gasteiger partial charge in [-0.25, -0.2) is 0 Å². The molecular weight excluding hydrogens is 248 g/mol. The van der Waals surface area contributed by atoms with Crippen LogP contribution in [0.3, 0.4) is 0 Å². The number of hydrogen-bond donors (Lipinski definition) is 0. The van der Waals surface area contributed by atoms with Crippen LogP contribution in [-0.4, -0.2) is 11.6 Å². The van der Waals surface area contributed by atoms with Crippen LogP contribution in [0.4, 0.5) is 0 Å². The fourth-order valence-corrected chi connectivity index (χ4v) is 2.29. The van der Waals surface area contributed by atoms with Crippen molar-refractivity contribution in [3.8, 4) is 0 Å². The molecule has 0 N–H and O–H groups in total. The third-order valence-electron chi connectivity index (χ3n) is 3.37.